The average molecular weight is 460 g/mol. The number of fused-ring (bicyclic) bond motifs is 1. The largest absolute Gasteiger partial charge is 0.496 e. The number of halogens is 1. The zero-order valence-corrected chi connectivity index (χ0v) is 18.9. The van der Waals surface area contributed by atoms with Crippen LogP contribution in [0.2, 0.25) is 5.02 Å². The molecule has 1 amide bonds. The summed E-state index contributed by atoms with van der Waals surface area (Å²) in [5.41, 5.74) is 2.18. The van der Waals surface area contributed by atoms with E-state index in [2.05, 4.69) is 5.32 Å². The van der Waals surface area contributed by atoms with Crippen molar-refractivity contribution in [2.24, 2.45) is 0 Å². The summed E-state index contributed by atoms with van der Waals surface area (Å²) < 4.78 is 11.2. The summed E-state index contributed by atoms with van der Waals surface area (Å²) in [6.45, 7) is 1.87. The number of esters is 1. The van der Waals surface area contributed by atoms with Gasteiger partial charge in [0.25, 0.3) is 5.91 Å². The standard InChI is InChI=1S/C27H22ClNO4/c1-17-12-13-21(16-23(17)28)29-26(30)25(18-8-4-3-5-9-18)33-27(31)22-14-19-10-6-7-11-20(19)15-24(22)32-2/h3-16,25H,1-2H3,(H,29,30). The number of hydrogen-bond acceptors (Lipinski definition) is 4. The van der Waals surface area contributed by atoms with E-state index in [1.807, 2.05) is 37.3 Å². The van der Waals surface area contributed by atoms with Gasteiger partial charge in [0.2, 0.25) is 6.10 Å². The number of carbonyl (C=O) groups is 2. The Kier molecular flexibility index (Phi) is 6.61. The summed E-state index contributed by atoms with van der Waals surface area (Å²) in [5, 5.41) is 5.11. The van der Waals surface area contributed by atoms with Crippen LogP contribution in [-0.4, -0.2) is 19.0 Å². The third-order valence-electron chi connectivity index (χ3n) is 5.29. The molecule has 4 rings (SSSR count). The monoisotopic (exact) mass is 459 g/mol. The second-order valence-electron chi connectivity index (χ2n) is 7.55. The van der Waals surface area contributed by atoms with Crippen molar-refractivity contribution in [2.75, 3.05) is 12.4 Å². The first kappa shape index (κ1) is 22.4. The molecule has 0 aliphatic rings. The van der Waals surface area contributed by atoms with E-state index in [-0.39, 0.29) is 5.56 Å². The Balaban J connectivity index is 1.66. The van der Waals surface area contributed by atoms with Gasteiger partial charge in [0.15, 0.2) is 0 Å². The molecule has 4 aromatic carbocycles. The Labute approximate surface area is 196 Å². The Morgan fingerprint density at radius 3 is 2.21 bits per heavy atom. The molecule has 0 aliphatic heterocycles. The summed E-state index contributed by atoms with van der Waals surface area (Å²) in [7, 11) is 1.49. The Bertz CT molecular complexity index is 1320. The number of anilines is 1. The zero-order chi connectivity index (χ0) is 23.4. The maximum absolute atomic E-state index is 13.2. The highest BCUT2D eigenvalue weighted by molar-refractivity contribution is 6.31. The van der Waals surface area contributed by atoms with Crippen LogP contribution in [0, 0.1) is 6.92 Å². The molecule has 0 saturated heterocycles. The van der Waals surface area contributed by atoms with Crippen molar-refractivity contribution in [3.8, 4) is 5.75 Å². The number of ether oxygens (including phenoxy) is 2. The van der Waals surface area contributed by atoms with Crippen molar-refractivity contribution >= 4 is 39.9 Å². The zero-order valence-electron chi connectivity index (χ0n) is 18.2. The van der Waals surface area contributed by atoms with Gasteiger partial charge in [-0.05, 0) is 47.5 Å². The molecule has 0 spiro atoms. The average Bonchev–Trinajstić information content (AvgIpc) is 2.84. The lowest BCUT2D eigenvalue weighted by molar-refractivity contribution is -0.125. The maximum atomic E-state index is 13.2. The number of methoxy groups -OCH3 is 1. The van der Waals surface area contributed by atoms with Crippen LogP contribution in [0.25, 0.3) is 10.8 Å². The van der Waals surface area contributed by atoms with Gasteiger partial charge in [0.1, 0.15) is 11.3 Å². The van der Waals surface area contributed by atoms with E-state index in [0.29, 0.717) is 22.0 Å². The minimum atomic E-state index is -1.17. The highest BCUT2D eigenvalue weighted by Gasteiger charge is 2.27. The van der Waals surface area contributed by atoms with Gasteiger partial charge in [-0.25, -0.2) is 4.79 Å². The van der Waals surface area contributed by atoms with Crippen molar-refractivity contribution in [3.05, 3.63) is 107 Å². The molecule has 166 valence electrons. The SMILES string of the molecule is COc1cc2ccccc2cc1C(=O)OC(C(=O)Nc1ccc(C)c(Cl)c1)c1ccccc1. The van der Waals surface area contributed by atoms with Crippen molar-refractivity contribution in [2.45, 2.75) is 13.0 Å². The lowest BCUT2D eigenvalue weighted by Crippen LogP contribution is -2.26. The van der Waals surface area contributed by atoms with Crippen molar-refractivity contribution < 1.29 is 19.1 Å². The van der Waals surface area contributed by atoms with Gasteiger partial charge in [-0.1, -0.05) is 72.3 Å². The van der Waals surface area contributed by atoms with Crippen LogP contribution in [0.5, 0.6) is 5.75 Å². The number of rotatable bonds is 6. The van der Waals surface area contributed by atoms with E-state index in [0.717, 1.165) is 16.3 Å². The predicted molar refractivity (Wildman–Crippen MR) is 130 cm³/mol. The Morgan fingerprint density at radius 2 is 1.55 bits per heavy atom. The van der Waals surface area contributed by atoms with E-state index in [9.17, 15) is 9.59 Å². The molecule has 4 aromatic rings. The number of amides is 1. The van der Waals surface area contributed by atoms with Gasteiger partial charge >= 0.3 is 5.97 Å². The van der Waals surface area contributed by atoms with Crippen molar-refractivity contribution in [3.63, 3.8) is 0 Å². The molecule has 33 heavy (non-hydrogen) atoms. The fraction of sp³-hybridized carbons (Fsp3) is 0.111. The van der Waals surface area contributed by atoms with Crippen LogP contribution >= 0.6 is 11.6 Å². The van der Waals surface area contributed by atoms with Gasteiger partial charge in [-0.3, -0.25) is 4.79 Å². The molecule has 5 nitrogen and oxygen atoms in total. The number of carbonyl (C=O) groups excluding carboxylic acids is 2. The molecule has 1 N–H and O–H groups in total. The molecule has 0 heterocycles. The number of benzene rings is 4. The van der Waals surface area contributed by atoms with Crippen LogP contribution in [0.3, 0.4) is 0 Å². The van der Waals surface area contributed by atoms with Gasteiger partial charge in [-0.2, -0.15) is 0 Å². The van der Waals surface area contributed by atoms with Crippen LogP contribution < -0.4 is 10.1 Å². The maximum Gasteiger partial charge on any atom is 0.343 e. The third kappa shape index (κ3) is 4.99. The second kappa shape index (κ2) is 9.76. The van der Waals surface area contributed by atoms with Gasteiger partial charge < -0.3 is 14.8 Å². The van der Waals surface area contributed by atoms with E-state index < -0.39 is 18.0 Å². The summed E-state index contributed by atoms with van der Waals surface area (Å²) in [6.07, 6.45) is -1.17. The molecule has 6 heteroatoms. The van der Waals surface area contributed by atoms with Crippen molar-refractivity contribution in [1.82, 2.24) is 0 Å². The molecule has 1 atom stereocenters. The first-order valence-electron chi connectivity index (χ1n) is 10.4. The molecule has 0 fully saturated rings. The van der Waals surface area contributed by atoms with E-state index >= 15 is 0 Å². The smallest absolute Gasteiger partial charge is 0.343 e. The lowest BCUT2D eigenvalue weighted by atomic mass is 10.1. The van der Waals surface area contributed by atoms with Gasteiger partial charge in [0.05, 0.1) is 7.11 Å². The molecule has 0 radical (unpaired) electrons. The highest BCUT2D eigenvalue weighted by atomic mass is 35.5. The molecule has 1 unspecified atom stereocenters. The first-order chi connectivity index (χ1) is 16.0. The molecule has 0 aromatic heterocycles. The molecular weight excluding hydrogens is 438 g/mol. The van der Waals surface area contributed by atoms with E-state index in [1.54, 1.807) is 54.6 Å². The summed E-state index contributed by atoms with van der Waals surface area (Å²) >= 11 is 6.19. The minimum Gasteiger partial charge on any atom is -0.496 e. The van der Waals surface area contributed by atoms with Gasteiger partial charge in [0, 0.05) is 16.3 Å². The van der Waals surface area contributed by atoms with E-state index in [4.69, 9.17) is 21.1 Å². The molecule has 0 aliphatic carbocycles. The topological polar surface area (TPSA) is 64.6 Å². The molecular formula is C27H22ClNO4. The fourth-order valence-corrected chi connectivity index (χ4v) is 3.68. The normalized spacial score (nSPS) is 11.6. The number of aryl methyl sites for hydroxylation is 1. The molecule has 0 bridgehead atoms. The summed E-state index contributed by atoms with van der Waals surface area (Å²) in [6, 6.07) is 25.2. The Morgan fingerprint density at radius 1 is 0.879 bits per heavy atom. The number of hydrogen-bond donors (Lipinski definition) is 1. The predicted octanol–water partition coefficient (Wildman–Crippen LogP) is 6.35. The summed E-state index contributed by atoms with van der Waals surface area (Å²) in [4.78, 5) is 26.4. The minimum absolute atomic E-state index is 0.239. The first-order valence-corrected chi connectivity index (χ1v) is 10.7. The third-order valence-corrected chi connectivity index (χ3v) is 5.70. The fourth-order valence-electron chi connectivity index (χ4n) is 3.50. The van der Waals surface area contributed by atoms with E-state index in [1.165, 1.54) is 7.11 Å². The van der Waals surface area contributed by atoms with Crippen LogP contribution in [0.4, 0.5) is 5.69 Å². The Hall–Kier alpha value is -3.83. The quantitative estimate of drug-likeness (QED) is 0.341. The second-order valence-corrected chi connectivity index (χ2v) is 7.96. The highest BCUT2D eigenvalue weighted by Crippen LogP contribution is 2.29. The van der Waals surface area contributed by atoms with Crippen LogP contribution in [0.1, 0.15) is 27.6 Å². The molecule has 0 saturated carbocycles. The van der Waals surface area contributed by atoms with Crippen LogP contribution in [-0.2, 0) is 9.53 Å². The van der Waals surface area contributed by atoms with Gasteiger partial charge in [-0.15, -0.1) is 0 Å². The van der Waals surface area contributed by atoms with Crippen molar-refractivity contribution in [1.29, 1.82) is 0 Å². The lowest BCUT2D eigenvalue weighted by Gasteiger charge is -2.19. The van der Waals surface area contributed by atoms with Crippen LogP contribution in [0.15, 0.2) is 84.9 Å². The summed E-state index contributed by atoms with van der Waals surface area (Å²) in [5.74, 6) is -0.783. The number of nitrogens with one attached hydrogen (secondary N) is 1.